The summed E-state index contributed by atoms with van der Waals surface area (Å²) in [4.78, 5) is 0. The van der Waals surface area contributed by atoms with Crippen LogP contribution in [0.15, 0.2) is 6.07 Å². The molecule has 0 aliphatic heterocycles. The molecule has 0 aromatic carbocycles. The molecule has 1 aliphatic carbocycles. The molecule has 2 N–H and O–H groups in total. The van der Waals surface area contributed by atoms with Gasteiger partial charge in [0.15, 0.2) is 0 Å². The minimum absolute atomic E-state index is 0.770. The third-order valence-corrected chi connectivity index (χ3v) is 1.91. The van der Waals surface area contributed by atoms with Gasteiger partial charge in [0.25, 0.3) is 0 Å². The number of aromatic amines is 1. The Morgan fingerprint density at radius 1 is 1.73 bits per heavy atom. The molecule has 1 fully saturated rings. The summed E-state index contributed by atoms with van der Waals surface area (Å²) in [5.74, 6) is 0. The monoisotopic (exact) mass is 151 g/mol. The zero-order valence-electron chi connectivity index (χ0n) is 6.72. The number of H-pyrrole nitrogens is 1. The predicted molar refractivity (Wildman–Crippen MR) is 43.2 cm³/mol. The maximum Gasteiger partial charge on any atom is 0.0762 e. The molecule has 0 unspecified atom stereocenters. The molecular weight excluding hydrogens is 138 g/mol. The van der Waals surface area contributed by atoms with Crippen molar-refractivity contribution in [1.29, 1.82) is 0 Å². The third kappa shape index (κ3) is 1.80. The summed E-state index contributed by atoms with van der Waals surface area (Å²) in [5.41, 5.74) is 2.26. The Balaban J connectivity index is 1.85. The maximum absolute atomic E-state index is 4.13. The van der Waals surface area contributed by atoms with Crippen molar-refractivity contribution >= 4 is 0 Å². The second kappa shape index (κ2) is 2.66. The number of nitrogens with one attached hydrogen (secondary N) is 2. The molecule has 1 heterocycles. The summed E-state index contributed by atoms with van der Waals surface area (Å²) in [7, 11) is 0. The van der Waals surface area contributed by atoms with Crippen LogP contribution in [0.1, 0.15) is 24.2 Å². The van der Waals surface area contributed by atoms with Crippen molar-refractivity contribution in [2.75, 3.05) is 0 Å². The Hall–Kier alpha value is -0.830. The first-order valence-corrected chi connectivity index (χ1v) is 4.09. The molecule has 11 heavy (non-hydrogen) atoms. The number of aryl methyl sites for hydroxylation is 1. The zero-order chi connectivity index (χ0) is 7.68. The standard InChI is InChI=1S/C8H13N3/c1-6-4-8(11-10-6)5-9-7-2-3-7/h4,7,9H,2-3,5H2,1H3,(H,10,11). The first-order chi connectivity index (χ1) is 5.34. The van der Waals surface area contributed by atoms with Gasteiger partial charge in [-0.15, -0.1) is 0 Å². The summed E-state index contributed by atoms with van der Waals surface area (Å²) >= 11 is 0. The van der Waals surface area contributed by atoms with Crippen LogP contribution in [0.5, 0.6) is 0 Å². The topological polar surface area (TPSA) is 40.7 Å². The third-order valence-electron chi connectivity index (χ3n) is 1.91. The van der Waals surface area contributed by atoms with Crippen LogP contribution in [0.2, 0.25) is 0 Å². The molecule has 1 aliphatic rings. The van der Waals surface area contributed by atoms with E-state index in [1.807, 2.05) is 6.92 Å². The number of hydrogen-bond acceptors (Lipinski definition) is 2. The van der Waals surface area contributed by atoms with Crippen molar-refractivity contribution in [2.24, 2.45) is 0 Å². The van der Waals surface area contributed by atoms with E-state index in [0.717, 1.165) is 24.0 Å². The predicted octanol–water partition coefficient (Wildman–Crippen LogP) is 0.970. The summed E-state index contributed by atoms with van der Waals surface area (Å²) in [6.45, 7) is 2.93. The molecular formula is C8H13N3. The first-order valence-electron chi connectivity index (χ1n) is 4.09. The molecule has 0 spiro atoms. The zero-order valence-corrected chi connectivity index (χ0v) is 6.72. The van der Waals surface area contributed by atoms with Crippen LogP contribution >= 0.6 is 0 Å². The fourth-order valence-corrected chi connectivity index (χ4v) is 1.10. The molecule has 0 radical (unpaired) electrons. The van der Waals surface area contributed by atoms with Gasteiger partial charge in [-0.2, -0.15) is 5.10 Å². The van der Waals surface area contributed by atoms with Crippen LogP contribution in [0.25, 0.3) is 0 Å². The van der Waals surface area contributed by atoms with E-state index in [0.29, 0.717) is 0 Å². The van der Waals surface area contributed by atoms with Gasteiger partial charge in [0.05, 0.1) is 5.69 Å². The molecule has 0 atom stereocenters. The smallest absolute Gasteiger partial charge is 0.0762 e. The quantitative estimate of drug-likeness (QED) is 0.675. The van der Waals surface area contributed by atoms with E-state index in [1.54, 1.807) is 0 Å². The van der Waals surface area contributed by atoms with Gasteiger partial charge in [0, 0.05) is 18.3 Å². The Kier molecular flexibility index (Phi) is 1.66. The Labute approximate surface area is 66.2 Å². The van der Waals surface area contributed by atoms with Gasteiger partial charge >= 0.3 is 0 Å². The maximum atomic E-state index is 4.13. The highest BCUT2D eigenvalue weighted by atomic mass is 15.1. The van der Waals surface area contributed by atoms with E-state index in [2.05, 4.69) is 21.6 Å². The minimum Gasteiger partial charge on any atom is -0.308 e. The van der Waals surface area contributed by atoms with E-state index >= 15 is 0 Å². The van der Waals surface area contributed by atoms with Crippen molar-refractivity contribution < 1.29 is 0 Å². The number of rotatable bonds is 3. The van der Waals surface area contributed by atoms with Crippen LogP contribution in [0.4, 0.5) is 0 Å². The summed E-state index contributed by atoms with van der Waals surface area (Å²) in [6, 6.07) is 2.85. The second-order valence-corrected chi connectivity index (χ2v) is 3.20. The number of aromatic nitrogens is 2. The highest BCUT2D eigenvalue weighted by Crippen LogP contribution is 2.18. The van der Waals surface area contributed by atoms with E-state index in [9.17, 15) is 0 Å². The summed E-state index contributed by atoms with van der Waals surface area (Å²) in [5, 5.41) is 10.5. The van der Waals surface area contributed by atoms with Crippen LogP contribution in [0, 0.1) is 6.92 Å². The molecule has 2 rings (SSSR count). The average Bonchev–Trinajstić information content (AvgIpc) is 2.72. The van der Waals surface area contributed by atoms with Crippen LogP contribution in [0.3, 0.4) is 0 Å². The van der Waals surface area contributed by atoms with Gasteiger partial charge < -0.3 is 5.32 Å². The highest BCUT2D eigenvalue weighted by Gasteiger charge is 2.20. The first kappa shape index (κ1) is 6.85. The molecule has 3 nitrogen and oxygen atoms in total. The van der Waals surface area contributed by atoms with Crippen molar-refractivity contribution in [3.05, 3.63) is 17.5 Å². The normalized spacial score (nSPS) is 17.2. The molecule has 60 valence electrons. The Bertz CT molecular complexity index is 237. The minimum atomic E-state index is 0.770. The van der Waals surface area contributed by atoms with Gasteiger partial charge in [-0.3, -0.25) is 5.10 Å². The molecule has 0 amide bonds. The van der Waals surface area contributed by atoms with Crippen molar-refractivity contribution in [3.63, 3.8) is 0 Å². The molecule has 1 saturated carbocycles. The Morgan fingerprint density at radius 2 is 2.55 bits per heavy atom. The molecule has 3 heteroatoms. The lowest BCUT2D eigenvalue weighted by Crippen LogP contribution is -2.15. The van der Waals surface area contributed by atoms with Crippen molar-refractivity contribution in [2.45, 2.75) is 32.4 Å². The summed E-state index contributed by atoms with van der Waals surface area (Å²) < 4.78 is 0. The van der Waals surface area contributed by atoms with Gasteiger partial charge in [0.1, 0.15) is 0 Å². The van der Waals surface area contributed by atoms with Crippen molar-refractivity contribution in [1.82, 2.24) is 15.5 Å². The van der Waals surface area contributed by atoms with Crippen LogP contribution in [-0.4, -0.2) is 16.2 Å². The van der Waals surface area contributed by atoms with Gasteiger partial charge in [0.2, 0.25) is 0 Å². The van der Waals surface area contributed by atoms with E-state index in [4.69, 9.17) is 0 Å². The molecule has 1 aromatic heterocycles. The number of nitrogens with zero attached hydrogens (tertiary/aromatic N) is 1. The molecule has 0 saturated heterocycles. The van der Waals surface area contributed by atoms with E-state index in [-0.39, 0.29) is 0 Å². The largest absolute Gasteiger partial charge is 0.308 e. The fraction of sp³-hybridized carbons (Fsp3) is 0.625. The van der Waals surface area contributed by atoms with Gasteiger partial charge in [-0.1, -0.05) is 0 Å². The number of hydrogen-bond donors (Lipinski definition) is 2. The lowest BCUT2D eigenvalue weighted by Gasteiger charge is -1.96. The van der Waals surface area contributed by atoms with Crippen LogP contribution < -0.4 is 5.32 Å². The van der Waals surface area contributed by atoms with Gasteiger partial charge in [-0.25, -0.2) is 0 Å². The SMILES string of the molecule is Cc1cc(CNC2CC2)n[nH]1. The van der Waals surface area contributed by atoms with Crippen molar-refractivity contribution in [3.8, 4) is 0 Å². The Morgan fingerprint density at radius 3 is 3.09 bits per heavy atom. The van der Waals surface area contributed by atoms with E-state index < -0.39 is 0 Å². The van der Waals surface area contributed by atoms with Gasteiger partial charge in [-0.05, 0) is 25.8 Å². The molecule has 1 aromatic rings. The summed E-state index contributed by atoms with van der Waals surface area (Å²) in [6.07, 6.45) is 2.67. The fourth-order valence-electron chi connectivity index (χ4n) is 1.10. The lowest BCUT2D eigenvalue weighted by atomic mass is 10.4. The van der Waals surface area contributed by atoms with Crippen LogP contribution in [-0.2, 0) is 6.54 Å². The lowest BCUT2D eigenvalue weighted by molar-refractivity contribution is 0.672. The van der Waals surface area contributed by atoms with E-state index in [1.165, 1.54) is 12.8 Å². The average molecular weight is 151 g/mol. The highest BCUT2D eigenvalue weighted by molar-refractivity contribution is 5.06. The molecule has 0 bridgehead atoms. The second-order valence-electron chi connectivity index (χ2n) is 3.20.